The third-order valence-electron chi connectivity index (χ3n) is 3.94. The molecule has 3 heteroatoms. The quantitative estimate of drug-likeness (QED) is 0.877. The molecule has 106 valence electrons. The van der Waals surface area contributed by atoms with E-state index in [4.69, 9.17) is 4.74 Å². The molecule has 1 atom stereocenters. The Morgan fingerprint density at radius 1 is 1.21 bits per heavy atom. The van der Waals surface area contributed by atoms with E-state index in [9.17, 15) is 5.11 Å². The van der Waals surface area contributed by atoms with Crippen molar-refractivity contribution in [3.63, 3.8) is 0 Å². The first kappa shape index (κ1) is 14.4. The minimum Gasteiger partial charge on any atom is -0.491 e. The number of piperidine rings is 1. The molecule has 0 aliphatic carbocycles. The predicted octanol–water partition coefficient (Wildman–Crippen LogP) is 2.68. The molecule has 1 aliphatic rings. The first-order valence-corrected chi connectivity index (χ1v) is 7.20. The fraction of sp³-hybridized carbons (Fsp3) is 0.625. The Balaban J connectivity index is 2.11. The topological polar surface area (TPSA) is 41.5 Å². The number of nitrogens with one attached hydrogen (secondary N) is 1. The second kappa shape index (κ2) is 5.93. The highest BCUT2D eigenvalue weighted by molar-refractivity contribution is 5.31. The van der Waals surface area contributed by atoms with Gasteiger partial charge in [0.25, 0.3) is 0 Å². The molecule has 1 saturated heterocycles. The van der Waals surface area contributed by atoms with Crippen LogP contribution >= 0.6 is 0 Å². The van der Waals surface area contributed by atoms with Crippen LogP contribution in [0.3, 0.4) is 0 Å². The standard InChI is InChI=1S/C16H25NO2/c1-12(2)19-15-6-4-13(5-7-15)16(3,18)14-8-10-17-11-9-14/h4-7,12,14,17-18H,8-11H2,1-3H3. The van der Waals surface area contributed by atoms with E-state index < -0.39 is 5.60 Å². The maximum Gasteiger partial charge on any atom is 0.119 e. The fourth-order valence-electron chi connectivity index (χ4n) is 2.76. The summed E-state index contributed by atoms with van der Waals surface area (Å²) in [5.41, 5.74) is 0.230. The molecule has 0 amide bonds. The zero-order chi connectivity index (χ0) is 13.9. The van der Waals surface area contributed by atoms with Gasteiger partial charge in [-0.05, 0) is 70.3 Å². The van der Waals surface area contributed by atoms with Crippen molar-refractivity contribution in [2.24, 2.45) is 5.92 Å². The van der Waals surface area contributed by atoms with Gasteiger partial charge in [0.05, 0.1) is 11.7 Å². The van der Waals surface area contributed by atoms with Crippen LogP contribution in [0.4, 0.5) is 0 Å². The van der Waals surface area contributed by atoms with Crippen molar-refractivity contribution in [2.45, 2.75) is 45.3 Å². The third kappa shape index (κ3) is 3.48. The predicted molar refractivity (Wildman–Crippen MR) is 77.4 cm³/mol. The SMILES string of the molecule is CC(C)Oc1ccc(C(C)(O)C2CCNCC2)cc1. The zero-order valence-corrected chi connectivity index (χ0v) is 12.1. The highest BCUT2D eigenvalue weighted by Gasteiger charge is 2.34. The lowest BCUT2D eigenvalue weighted by molar-refractivity contribution is -0.0186. The molecule has 0 radical (unpaired) electrons. The lowest BCUT2D eigenvalue weighted by atomic mass is 9.78. The Kier molecular flexibility index (Phi) is 4.48. The Hall–Kier alpha value is -1.06. The molecule has 0 saturated carbocycles. The minimum atomic E-state index is -0.752. The number of benzene rings is 1. The molecule has 1 heterocycles. The largest absolute Gasteiger partial charge is 0.491 e. The van der Waals surface area contributed by atoms with Gasteiger partial charge in [-0.3, -0.25) is 0 Å². The van der Waals surface area contributed by atoms with Crippen molar-refractivity contribution in [3.05, 3.63) is 29.8 Å². The molecule has 0 bridgehead atoms. The summed E-state index contributed by atoms with van der Waals surface area (Å²) in [7, 11) is 0. The van der Waals surface area contributed by atoms with E-state index >= 15 is 0 Å². The van der Waals surface area contributed by atoms with Crippen LogP contribution in [-0.2, 0) is 5.60 Å². The number of hydrogen-bond acceptors (Lipinski definition) is 3. The number of ether oxygens (including phenoxy) is 1. The van der Waals surface area contributed by atoms with Gasteiger partial charge in [-0.1, -0.05) is 12.1 Å². The lowest BCUT2D eigenvalue weighted by Gasteiger charge is -2.36. The van der Waals surface area contributed by atoms with Gasteiger partial charge < -0.3 is 15.2 Å². The van der Waals surface area contributed by atoms with Crippen LogP contribution in [0.2, 0.25) is 0 Å². The van der Waals surface area contributed by atoms with Crippen molar-refractivity contribution >= 4 is 0 Å². The van der Waals surface area contributed by atoms with Crippen molar-refractivity contribution in [2.75, 3.05) is 13.1 Å². The van der Waals surface area contributed by atoms with Gasteiger partial charge in [0.2, 0.25) is 0 Å². The maximum absolute atomic E-state index is 10.8. The van der Waals surface area contributed by atoms with Crippen molar-refractivity contribution in [1.29, 1.82) is 0 Å². The van der Waals surface area contributed by atoms with Crippen LogP contribution in [0.25, 0.3) is 0 Å². The van der Waals surface area contributed by atoms with Crippen LogP contribution in [0, 0.1) is 5.92 Å². The van der Waals surface area contributed by atoms with Crippen LogP contribution in [0.15, 0.2) is 24.3 Å². The van der Waals surface area contributed by atoms with Crippen LogP contribution in [0.5, 0.6) is 5.75 Å². The van der Waals surface area contributed by atoms with Gasteiger partial charge in [-0.15, -0.1) is 0 Å². The zero-order valence-electron chi connectivity index (χ0n) is 12.1. The number of rotatable bonds is 4. The molecule has 1 aromatic carbocycles. The number of aliphatic hydroxyl groups is 1. The fourth-order valence-corrected chi connectivity index (χ4v) is 2.76. The second-order valence-electron chi connectivity index (χ2n) is 5.86. The van der Waals surface area contributed by atoms with Gasteiger partial charge in [0.1, 0.15) is 5.75 Å². The van der Waals surface area contributed by atoms with E-state index in [1.165, 1.54) is 0 Å². The van der Waals surface area contributed by atoms with Crippen LogP contribution in [0.1, 0.15) is 39.2 Å². The van der Waals surface area contributed by atoms with Crippen molar-refractivity contribution in [1.82, 2.24) is 5.32 Å². The first-order chi connectivity index (χ1) is 9.00. The molecule has 1 aliphatic heterocycles. The van der Waals surface area contributed by atoms with Gasteiger partial charge in [0, 0.05) is 0 Å². The van der Waals surface area contributed by atoms with Crippen LogP contribution in [-0.4, -0.2) is 24.3 Å². The van der Waals surface area contributed by atoms with E-state index in [-0.39, 0.29) is 6.10 Å². The van der Waals surface area contributed by atoms with Gasteiger partial charge in [-0.2, -0.15) is 0 Å². The second-order valence-corrected chi connectivity index (χ2v) is 5.86. The minimum absolute atomic E-state index is 0.177. The number of hydrogen-bond donors (Lipinski definition) is 2. The molecule has 0 spiro atoms. The summed E-state index contributed by atoms with van der Waals surface area (Å²) in [6, 6.07) is 7.87. The van der Waals surface area contributed by atoms with E-state index in [0.29, 0.717) is 5.92 Å². The summed E-state index contributed by atoms with van der Waals surface area (Å²) in [6.45, 7) is 7.95. The molecular weight excluding hydrogens is 238 g/mol. The average molecular weight is 263 g/mol. The molecule has 0 aromatic heterocycles. The normalized spacial score (nSPS) is 20.3. The van der Waals surface area contributed by atoms with Gasteiger partial charge in [0.15, 0.2) is 0 Å². The molecular formula is C16H25NO2. The molecule has 2 rings (SSSR count). The highest BCUT2D eigenvalue weighted by atomic mass is 16.5. The molecule has 2 N–H and O–H groups in total. The summed E-state index contributed by atoms with van der Waals surface area (Å²) < 4.78 is 5.64. The Morgan fingerprint density at radius 2 is 1.79 bits per heavy atom. The molecule has 3 nitrogen and oxygen atoms in total. The van der Waals surface area contributed by atoms with E-state index in [2.05, 4.69) is 5.32 Å². The summed E-state index contributed by atoms with van der Waals surface area (Å²) >= 11 is 0. The monoisotopic (exact) mass is 263 g/mol. The molecule has 1 fully saturated rings. The smallest absolute Gasteiger partial charge is 0.119 e. The maximum atomic E-state index is 10.8. The van der Waals surface area contributed by atoms with Gasteiger partial charge in [-0.25, -0.2) is 0 Å². The Labute approximate surface area is 116 Å². The van der Waals surface area contributed by atoms with E-state index in [1.54, 1.807) is 0 Å². The van der Waals surface area contributed by atoms with Gasteiger partial charge >= 0.3 is 0 Å². The lowest BCUT2D eigenvalue weighted by Crippen LogP contribution is -2.39. The summed E-state index contributed by atoms with van der Waals surface area (Å²) in [5, 5.41) is 14.2. The molecule has 1 unspecified atom stereocenters. The first-order valence-electron chi connectivity index (χ1n) is 7.20. The average Bonchev–Trinajstić information content (AvgIpc) is 2.40. The third-order valence-corrected chi connectivity index (χ3v) is 3.94. The summed E-state index contributed by atoms with van der Waals surface area (Å²) in [5.74, 6) is 1.19. The molecule has 19 heavy (non-hydrogen) atoms. The summed E-state index contributed by atoms with van der Waals surface area (Å²) in [6.07, 6.45) is 2.23. The van der Waals surface area contributed by atoms with Crippen molar-refractivity contribution < 1.29 is 9.84 Å². The van der Waals surface area contributed by atoms with E-state index in [1.807, 2.05) is 45.0 Å². The Morgan fingerprint density at radius 3 is 2.32 bits per heavy atom. The Bertz CT molecular complexity index is 392. The van der Waals surface area contributed by atoms with E-state index in [0.717, 1.165) is 37.2 Å². The van der Waals surface area contributed by atoms with Crippen molar-refractivity contribution in [3.8, 4) is 5.75 Å². The molecule has 1 aromatic rings. The summed E-state index contributed by atoms with van der Waals surface area (Å²) in [4.78, 5) is 0. The highest BCUT2D eigenvalue weighted by Crippen LogP contribution is 2.35. The van der Waals surface area contributed by atoms with Crippen LogP contribution < -0.4 is 10.1 Å².